The Morgan fingerprint density at radius 1 is 1.38 bits per heavy atom. The molecule has 0 N–H and O–H groups in total. The van der Waals surface area contributed by atoms with Gasteiger partial charge in [-0.15, -0.1) is 0 Å². The minimum absolute atomic E-state index is 0.154. The van der Waals surface area contributed by atoms with Crippen LogP contribution in [-0.2, 0) is 4.79 Å². The molecule has 0 spiro atoms. The van der Waals surface area contributed by atoms with Crippen LogP contribution in [0.3, 0.4) is 0 Å². The maximum Gasteiger partial charge on any atom is 0.223 e. The molecular formula is C12H21N3O. The molecule has 1 rings (SSSR count). The Balaban J connectivity index is 2.15. The maximum absolute atomic E-state index is 11.7. The van der Waals surface area contributed by atoms with Crippen LogP contribution in [0.2, 0.25) is 0 Å². The fourth-order valence-electron chi connectivity index (χ4n) is 1.97. The first-order chi connectivity index (χ1) is 7.74. The van der Waals surface area contributed by atoms with Gasteiger partial charge >= 0.3 is 0 Å². The molecule has 16 heavy (non-hydrogen) atoms. The highest BCUT2D eigenvalue weighted by Gasteiger charge is 2.13. The fourth-order valence-corrected chi connectivity index (χ4v) is 1.97. The van der Waals surface area contributed by atoms with Crippen molar-refractivity contribution in [2.45, 2.75) is 32.1 Å². The second kappa shape index (κ2) is 7.24. The van der Waals surface area contributed by atoms with Gasteiger partial charge in [-0.25, -0.2) is 0 Å². The predicted molar refractivity (Wildman–Crippen MR) is 62.8 cm³/mol. The van der Waals surface area contributed by atoms with Gasteiger partial charge in [-0.1, -0.05) is 6.42 Å². The number of hydrogen-bond acceptors (Lipinski definition) is 3. The van der Waals surface area contributed by atoms with Crippen molar-refractivity contribution in [1.82, 2.24) is 9.80 Å². The summed E-state index contributed by atoms with van der Waals surface area (Å²) in [5, 5.41) is 8.43. The van der Waals surface area contributed by atoms with Crippen molar-refractivity contribution in [3.63, 3.8) is 0 Å². The summed E-state index contributed by atoms with van der Waals surface area (Å²) in [6.45, 7) is 3.69. The summed E-state index contributed by atoms with van der Waals surface area (Å²) < 4.78 is 0. The number of nitriles is 1. The molecule has 0 aromatic heterocycles. The van der Waals surface area contributed by atoms with Gasteiger partial charge in [0, 0.05) is 26.6 Å². The molecule has 1 heterocycles. The zero-order valence-corrected chi connectivity index (χ0v) is 10.1. The Morgan fingerprint density at radius 3 is 2.69 bits per heavy atom. The highest BCUT2D eigenvalue weighted by atomic mass is 16.2. The second-order valence-corrected chi connectivity index (χ2v) is 4.38. The van der Waals surface area contributed by atoms with Gasteiger partial charge in [0.2, 0.25) is 5.91 Å². The van der Waals surface area contributed by atoms with E-state index in [1.54, 1.807) is 11.9 Å². The molecule has 0 radical (unpaired) electrons. The molecule has 1 aliphatic heterocycles. The van der Waals surface area contributed by atoms with Crippen LogP contribution in [0, 0.1) is 11.3 Å². The molecule has 90 valence electrons. The van der Waals surface area contributed by atoms with Crippen LogP contribution in [0.5, 0.6) is 0 Å². The minimum atomic E-state index is 0.154. The summed E-state index contributed by atoms with van der Waals surface area (Å²) in [5.41, 5.74) is 0. The van der Waals surface area contributed by atoms with E-state index >= 15 is 0 Å². The lowest BCUT2D eigenvalue weighted by molar-refractivity contribution is -0.130. The van der Waals surface area contributed by atoms with E-state index < -0.39 is 0 Å². The zero-order chi connectivity index (χ0) is 11.8. The van der Waals surface area contributed by atoms with E-state index in [0.717, 1.165) is 19.6 Å². The van der Waals surface area contributed by atoms with Gasteiger partial charge in [-0.05, 0) is 25.9 Å². The maximum atomic E-state index is 11.7. The van der Waals surface area contributed by atoms with Crippen molar-refractivity contribution < 1.29 is 4.79 Å². The van der Waals surface area contributed by atoms with Gasteiger partial charge in [0.25, 0.3) is 0 Å². The summed E-state index contributed by atoms with van der Waals surface area (Å²) in [4.78, 5) is 15.7. The molecule has 1 saturated heterocycles. The van der Waals surface area contributed by atoms with E-state index in [4.69, 9.17) is 5.26 Å². The van der Waals surface area contributed by atoms with Gasteiger partial charge in [-0.3, -0.25) is 4.79 Å². The van der Waals surface area contributed by atoms with Crippen molar-refractivity contribution in [3.05, 3.63) is 0 Å². The molecule has 1 amide bonds. The number of piperidine rings is 1. The zero-order valence-electron chi connectivity index (χ0n) is 10.1. The number of nitrogens with zero attached hydrogens (tertiary/aromatic N) is 3. The lowest BCUT2D eigenvalue weighted by atomic mass is 10.1. The third-order valence-electron chi connectivity index (χ3n) is 3.08. The van der Waals surface area contributed by atoms with E-state index in [9.17, 15) is 4.79 Å². The smallest absolute Gasteiger partial charge is 0.223 e. The molecule has 0 aliphatic carbocycles. The molecular weight excluding hydrogens is 202 g/mol. The normalized spacial score (nSPS) is 16.8. The summed E-state index contributed by atoms with van der Waals surface area (Å²) in [6.07, 6.45) is 4.86. The van der Waals surface area contributed by atoms with E-state index in [1.165, 1.54) is 19.3 Å². The van der Waals surface area contributed by atoms with Crippen LogP contribution < -0.4 is 0 Å². The van der Waals surface area contributed by atoms with E-state index in [1.807, 2.05) is 0 Å². The molecule has 4 nitrogen and oxygen atoms in total. The topological polar surface area (TPSA) is 47.3 Å². The largest absolute Gasteiger partial charge is 0.345 e. The number of carbonyl (C=O) groups excluding carboxylic acids is 1. The first kappa shape index (κ1) is 13.0. The summed E-state index contributed by atoms with van der Waals surface area (Å²) in [6, 6.07) is 2.05. The molecule has 0 aromatic rings. The Hall–Kier alpha value is -1.08. The summed E-state index contributed by atoms with van der Waals surface area (Å²) in [7, 11) is 1.77. The lowest BCUT2D eigenvalue weighted by Gasteiger charge is -2.26. The number of likely N-dealkylation sites (tertiary alicyclic amines) is 1. The standard InChI is InChI=1S/C12H21N3O/c1-14(8-5-7-13)12(16)6-11-15-9-3-2-4-10-15/h2-6,8-11H2,1H3. The average Bonchev–Trinajstić information content (AvgIpc) is 2.34. The molecule has 0 unspecified atom stereocenters. The van der Waals surface area contributed by atoms with E-state index in [-0.39, 0.29) is 5.91 Å². The van der Waals surface area contributed by atoms with Crippen molar-refractivity contribution in [2.24, 2.45) is 0 Å². The van der Waals surface area contributed by atoms with Gasteiger partial charge in [0.05, 0.1) is 12.5 Å². The first-order valence-electron chi connectivity index (χ1n) is 6.07. The first-order valence-corrected chi connectivity index (χ1v) is 6.07. The van der Waals surface area contributed by atoms with Crippen LogP contribution in [0.25, 0.3) is 0 Å². The van der Waals surface area contributed by atoms with Crippen LogP contribution >= 0.6 is 0 Å². The van der Waals surface area contributed by atoms with Crippen LogP contribution in [0.1, 0.15) is 32.1 Å². The Bertz CT molecular complexity index is 253. The van der Waals surface area contributed by atoms with Crippen molar-refractivity contribution in [2.75, 3.05) is 33.2 Å². The molecule has 0 atom stereocenters. The van der Waals surface area contributed by atoms with Gasteiger partial charge < -0.3 is 9.80 Å². The van der Waals surface area contributed by atoms with Crippen molar-refractivity contribution in [3.8, 4) is 6.07 Å². The SMILES string of the molecule is CN(CCC#N)C(=O)CCN1CCCCC1. The number of carbonyl (C=O) groups is 1. The molecule has 0 saturated carbocycles. The Labute approximate surface area is 97.8 Å². The van der Waals surface area contributed by atoms with Crippen molar-refractivity contribution >= 4 is 5.91 Å². The minimum Gasteiger partial charge on any atom is -0.345 e. The second-order valence-electron chi connectivity index (χ2n) is 4.38. The summed E-state index contributed by atoms with van der Waals surface area (Å²) >= 11 is 0. The van der Waals surface area contributed by atoms with Crippen LogP contribution in [0.15, 0.2) is 0 Å². The molecule has 1 aliphatic rings. The van der Waals surface area contributed by atoms with E-state index in [2.05, 4.69) is 11.0 Å². The Morgan fingerprint density at radius 2 is 2.06 bits per heavy atom. The third-order valence-corrected chi connectivity index (χ3v) is 3.08. The monoisotopic (exact) mass is 223 g/mol. The van der Waals surface area contributed by atoms with Gasteiger partial charge in [-0.2, -0.15) is 5.26 Å². The van der Waals surface area contributed by atoms with E-state index in [0.29, 0.717) is 19.4 Å². The molecule has 0 bridgehead atoms. The number of hydrogen-bond donors (Lipinski definition) is 0. The molecule has 4 heteroatoms. The molecule has 0 aromatic carbocycles. The summed E-state index contributed by atoms with van der Waals surface area (Å²) in [5.74, 6) is 0.154. The van der Waals surface area contributed by atoms with Crippen LogP contribution in [0.4, 0.5) is 0 Å². The van der Waals surface area contributed by atoms with Crippen molar-refractivity contribution in [1.29, 1.82) is 5.26 Å². The number of rotatable bonds is 5. The quantitative estimate of drug-likeness (QED) is 0.704. The highest BCUT2D eigenvalue weighted by molar-refractivity contribution is 5.76. The Kier molecular flexibility index (Phi) is 5.87. The number of amides is 1. The predicted octanol–water partition coefficient (Wildman–Crippen LogP) is 1.23. The van der Waals surface area contributed by atoms with Crippen LogP contribution in [-0.4, -0.2) is 48.9 Å². The fraction of sp³-hybridized carbons (Fsp3) is 0.833. The van der Waals surface area contributed by atoms with Gasteiger partial charge in [0.15, 0.2) is 0 Å². The van der Waals surface area contributed by atoms with Gasteiger partial charge in [0.1, 0.15) is 0 Å². The molecule has 1 fully saturated rings. The lowest BCUT2D eigenvalue weighted by Crippen LogP contribution is -2.35. The highest BCUT2D eigenvalue weighted by Crippen LogP contribution is 2.09. The average molecular weight is 223 g/mol. The third kappa shape index (κ3) is 4.63.